The molecule has 0 aliphatic carbocycles. The highest BCUT2D eigenvalue weighted by atomic mass is 19.1. The van der Waals surface area contributed by atoms with Crippen LogP contribution < -0.4 is 9.47 Å². The van der Waals surface area contributed by atoms with Gasteiger partial charge in [-0.25, -0.2) is 4.39 Å². The second-order valence-electron chi connectivity index (χ2n) is 9.43. The highest BCUT2D eigenvalue weighted by Gasteiger charge is 2.35. The first-order chi connectivity index (χ1) is 16.8. The van der Waals surface area contributed by atoms with Crippen LogP contribution in [0.15, 0.2) is 42.5 Å². The van der Waals surface area contributed by atoms with Crippen molar-refractivity contribution in [3.63, 3.8) is 0 Å². The molecule has 1 saturated heterocycles. The monoisotopic (exact) mass is 489 g/mol. The number of piperidine rings is 1. The summed E-state index contributed by atoms with van der Waals surface area (Å²) in [4.78, 5) is 14.9. The van der Waals surface area contributed by atoms with Gasteiger partial charge >= 0.3 is 0 Å². The van der Waals surface area contributed by atoms with Crippen molar-refractivity contribution in [1.29, 1.82) is 0 Å². The summed E-state index contributed by atoms with van der Waals surface area (Å²) in [6, 6.07) is 10.9. The van der Waals surface area contributed by atoms with Gasteiger partial charge in [0, 0.05) is 25.6 Å². The molecule has 2 aromatic rings. The van der Waals surface area contributed by atoms with Crippen molar-refractivity contribution >= 4 is 5.91 Å². The Morgan fingerprint density at radius 1 is 1.06 bits per heavy atom. The standard InChI is InChI=1S/C28H37F2NO4/c1-3-21(4-2)20-28(33)10-13-31(14-11-28)27(32)18-22-16-25(34-15-5-12-29)19-26(17-22)35-24-8-6-23(30)7-9-24/h6-9,16-17,19,21,33H,3-5,10-15,18,20H2,1-2H3. The molecule has 1 amide bonds. The largest absolute Gasteiger partial charge is 0.493 e. The Morgan fingerprint density at radius 2 is 1.71 bits per heavy atom. The number of hydrogen-bond donors (Lipinski definition) is 1. The van der Waals surface area contributed by atoms with Gasteiger partial charge in [-0.2, -0.15) is 0 Å². The van der Waals surface area contributed by atoms with Gasteiger partial charge in [-0.3, -0.25) is 9.18 Å². The molecule has 5 nitrogen and oxygen atoms in total. The van der Waals surface area contributed by atoms with Crippen molar-refractivity contribution in [2.45, 2.75) is 64.4 Å². The SMILES string of the molecule is CCC(CC)CC1(O)CCN(C(=O)Cc2cc(OCCCF)cc(Oc3ccc(F)cc3)c2)CC1. The Morgan fingerprint density at radius 3 is 2.34 bits per heavy atom. The van der Waals surface area contributed by atoms with Gasteiger partial charge in [0.1, 0.15) is 23.1 Å². The summed E-state index contributed by atoms with van der Waals surface area (Å²) in [6.45, 7) is 5.10. The molecule has 0 saturated carbocycles. The van der Waals surface area contributed by atoms with Gasteiger partial charge in [-0.15, -0.1) is 0 Å². The minimum atomic E-state index is -0.701. The minimum Gasteiger partial charge on any atom is -0.493 e. The first kappa shape index (κ1) is 26.9. The molecule has 1 fully saturated rings. The number of halogens is 2. The molecular formula is C28H37F2NO4. The summed E-state index contributed by atoms with van der Waals surface area (Å²) in [5.41, 5.74) is 0.0103. The lowest BCUT2D eigenvalue weighted by atomic mass is 9.81. The van der Waals surface area contributed by atoms with Crippen molar-refractivity contribution < 1.29 is 28.2 Å². The number of alkyl halides is 1. The number of rotatable bonds is 12. The molecule has 35 heavy (non-hydrogen) atoms. The number of carbonyl (C=O) groups is 1. The summed E-state index contributed by atoms with van der Waals surface area (Å²) in [7, 11) is 0. The van der Waals surface area contributed by atoms with Crippen molar-refractivity contribution in [3.05, 3.63) is 53.8 Å². The zero-order chi connectivity index (χ0) is 25.3. The van der Waals surface area contributed by atoms with Gasteiger partial charge in [0.15, 0.2) is 0 Å². The lowest BCUT2D eigenvalue weighted by Crippen LogP contribution is -2.47. The summed E-state index contributed by atoms with van der Waals surface area (Å²) in [5.74, 6) is 1.51. The first-order valence-electron chi connectivity index (χ1n) is 12.6. The van der Waals surface area contributed by atoms with Crippen LogP contribution in [0.25, 0.3) is 0 Å². The third-order valence-electron chi connectivity index (χ3n) is 6.76. The molecule has 0 radical (unpaired) electrons. The van der Waals surface area contributed by atoms with E-state index in [1.807, 2.05) is 0 Å². The average molecular weight is 490 g/mol. The Bertz CT molecular complexity index is 938. The molecule has 1 heterocycles. The molecule has 1 aliphatic rings. The first-order valence-corrected chi connectivity index (χ1v) is 12.6. The summed E-state index contributed by atoms with van der Waals surface area (Å²) >= 11 is 0. The van der Waals surface area contributed by atoms with Crippen LogP contribution in [0.1, 0.15) is 57.9 Å². The van der Waals surface area contributed by atoms with E-state index in [1.54, 1.807) is 23.1 Å². The quantitative estimate of drug-likeness (QED) is 0.367. The van der Waals surface area contributed by atoms with E-state index in [4.69, 9.17) is 9.47 Å². The number of benzene rings is 2. The summed E-state index contributed by atoms with van der Waals surface area (Å²) < 4.78 is 37.3. The van der Waals surface area contributed by atoms with E-state index in [2.05, 4.69) is 13.8 Å². The number of hydrogen-bond acceptors (Lipinski definition) is 4. The number of aliphatic hydroxyl groups is 1. The normalized spacial score (nSPS) is 15.3. The zero-order valence-corrected chi connectivity index (χ0v) is 20.8. The van der Waals surface area contributed by atoms with Crippen molar-refractivity contribution in [2.75, 3.05) is 26.4 Å². The van der Waals surface area contributed by atoms with Crippen LogP contribution in [0.4, 0.5) is 8.78 Å². The van der Waals surface area contributed by atoms with E-state index in [0.29, 0.717) is 54.7 Å². The maximum absolute atomic E-state index is 13.2. The van der Waals surface area contributed by atoms with Crippen molar-refractivity contribution in [1.82, 2.24) is 4.90 Å². The molecule has 192 valence electrons. The van der Waals surface area contributed by atoms with Crippen LogP contribution >= 0.6 is 0 Å². The van der Waals surface area contributed by atoms with Gasteiger partial charge in [-0.05, 0) is 67.1 Å². The number of ether oxygens (including phenoxy) is 2. The molecule has 0 atom stereocenters. The highest BCUT2D eigenvalue weighted by molar-refractivity contribution is 5.79. The molecule has 0 aromatic heterocycles. The van der Waals surface area contributed by atoms with Crippen LogP contribution in [0.3, 0.4) is 0 Å². The Hall–Kier alpha value is -2.67. The maximum atomic E-state index is 13.2. The zero-order valence-electron chi connectivity index (χ0n) is 20.8. The van der Waals surface area contributed by atoms with Crippen molar-refractivity contribution in [2.24, 2.45) is 5.92 Å². The van der Waals surface area contributed by atoms with Crippen LogP contribution in [0.2, 0.25) is 0 Å². The highest BCUT2D eigenvalue weighted by Crippen LogP contribution is 2.32. The maximum Gasteiger partial charge on any atom is 0.226 e. The van der Waals surface area contributed by atoms with E-state index < -0.39 is 12.3 Å². The predicted molar refractivity (Wildman–Crippen MR) is 132 cm³/mol. The fourth-order valence-electron chi connectivity index (χ4n) is 4.54. The van der Waals surface area contributed by atoms with Gasteiger partial charge < -0.3 is 19.5 Å². The fourth-order valence-corrected chi connectivity index (χ4v) is 4.54. The Balaban J connectivity index is 1.66. The molecule has 0 spiro atoms. The summed E-state index contributed by atoms with van der Waals surface area (Å²) in [6.07, 6.45) is 4.47. The van der Waals surface area contributed by atoms with E-state index in [9.17, 15) is 18.7 Å². The van der Waals surface area contributed by atoms with Gasteiger partial charge in [0.2, 0.25) is 5.91 Å². The fraction of sp³-hybridized carbons (Fsp3) is 0.536. The predicted octanol–water partition coefficient (Wildman–Crippen LogP) is 6.08. The lowest BCUT2D eigenvalue weighted by Gasteiger charge is -2.40. The summed E-state index contributed by atoms with van der Waals surface area (Å²) in [5, 5.41) is 11.0. The lowest BCUT2D eigenvalue weighted by molar-refractivity contribution is -0.135. The number of nitrogens with zero attached hydrogens (tertiary/aromatic N) is 1. The van der Waals surface area contributed by atoms with Gasteiger partial charge in [0.05, 0.1) is 25.3 Å². The van der Waals surface area contributed by atoms with Crippen LogP contribution in [0, 0.1) is 11.7 Å². The number of carbonyl (C=O) groups excluding carboxylic acids is 1. The van der Waals surface area contributed by atoms with Crippen LogP contribution in [-0.4, -0.2) is 47.9 Å². The third-order valence-corrected chi connectivity index (χ3v) is 6.76. The number of amides is 1. The van der Waals surface area contributed by atoms with Crippen LogP contribution in [0.5, 0.6) is 17.2 Å². The molecular weight excluding hydrogens is 452 g/mol. The molecule has 3 rings (SSSR count). The second-order valence-corrected chi connectivity index (χ2v) is 9.43. The third kappa shape index (κ3) is 8.20. The molecule has 2 aromatic carbocycles. The van der Waals surface area contributed by atoms with Crippen molar-refractivity contribution in [3.8, 4) is 17.2 Å². The topological polar surface area (TPSA) is 59.0 Å². The van der Waals surface area contributed by atoms with E-state index >= 15 is 0 Å². The number of likely N-dealkylation sites (tertiary alicyclic amines) is 1. The molecule has 0 unspecified atom stereocenters. The second kappa shape index (κ2) is 12.9. The molecule has 0 bridgehead atoms. The minimum absolute atomic E-state index is 0.0248. The van der Waals surface area contributed by atoms with Gasteiger partial charge in [-0.1, -0.05) is 26.7 Å². The van der Waals surface area contributed by atoms with Crippen LogP contribution in [-0.2, 0) is 11.2 Å². The molecule has 7 heteroatoms. The Labute approximate surface area is 207 Å². The van der Waals surface area contributed by atoms with E-state index in [-0.39, 0.29) is 31.2 Å². The molecule has 1 N–H and O–H groups in total. The Kier molecular flexibility index (Phi) is 9.90. The van der Waals surface area contributed by atoms with E-state index in [1.165, 1.54) is 24.3 Å². The smallest absolute Gasteiger partial charge is 0.226 e. The average Bonchev–Trinajstić information content (AvgIpc) is 2.84. The van der Waals surface area contributed by atoms with E-state index in [0.717, 1.165) is 19.3 Å². The molecule has 1 aliphatic heterocycles. The van der Waals surface area contributed by atoms with Gasteiger partial charge in [0.25, 0.3) is 0 Å².